The number of rotatable bonds is 3. The van der Waals surface area contributed by atoms with Crippen LogP contribution in [0.2, 0.25) is 0 Å². The zero-order chi connectivity index (χ0) is 7.49. The van der Waals surface area contributed by atoms with Gasteiger partial charge in [0.2, 0.25) is 0 Å². The predicted octanol–water partition coefficient (Wildman–Crippen LogP) is -0.743. The van der Waals surface area contributed by atoms with Crippen LogP contribution >= 0.6 is 0 Å². The van der Waals surface area contributed by atoms with Gasteiger partial charge in [0.1, 0.15) is 0 Å². The van der Waals surface area contributed by atoms with Gasteiger partial charge in [0.15, 0.2) is 0 Å². The van der Waals surface area contributed by atoms with E-state index in [-0.39, 0.29) is 11.5 Å². The normalized spacial score (nSPS) is 15.7. The van der Waals surface area contributed by atoms with E-state index in [1.807, 2.05) is 13.8 Å². The van der Waals surface area contributed by atoms with Gasteiger partial charge >= 0.3 is 0 Å². The Kier molecular flexibility index (Phi) is 3.11. The summed E-state index contributed by atoms with van der Waals surface area (Å²) >= 11 is 0. The lowest BCUT2D eigenvalue weighted by atomic mass is 9.85. The first-order valence-electron chi connectivity index (χ1n) is 3.20. The Morgan fingerprint density at radius 1 is 1.33 bits per heavy atom. The molecule has 1 unspecified atom stereocenters. The monoisotopic (exact) mass is 131 g/mol. The van der Waals surface area contributed by atoms with Gasteiger partial charge in [0, 0.05) is 12.6 Å². The zero-order valence-electron chi connectivity index (χ0n) is 6.22. The Morgan fingerprint density at radius 2 is 1.78 bits per heavy atom. The molecule has 6 N–H and O–H groups in total. The van der Waals surface area contributed by atoms with E-state index in [9.17, 15) is 0 Å². The molecule has 56 valence electrons. The SMILES string of the molecule is CC(C)(CN)C(N)CN. The highest BCUT2D eigenvalue weighted by Crippen LogP contribution is 2.15. The van der Waals surface area contributed by atoms with Crippen molar-refractivity contribution in [2.75, 3.05) is 13.1 Å². The summed E-state index contributed by atoms with van der Waals surface area (Å²) in [6.45, 7) is 5.13. The molecule has 0 aromatic carbocycles. The summed E-state index contributed by atoms with van der Waals surface area (Å²) < 4.78 is 0. The van der Waals surface area contributed by atoms with Gasteiger partial charge in [-0.2, -0.15) is 0 Å². The second-order valence-electron chi connectivity index (χ2n) is 3.03. The summed E-state index contributed by atoms with van der Waals surface area (Å²) in [7, 11) is 0. The molecule has 0 bridgehead atoms. The Bertz CT molecular complexity index is 80.4. The molecule has 0 heterocycles. The third-order valence-electron chi connectivity index (χ3n) is 1.78. The van der Waals surface area contributed by atoms with Gasteiger partial charge in [-0.15, -0.1) is 0 Å². The van der Waals surface area contributed by atoms with Crippen LogP contribution in [0.3, 0.4) is 0 Å². The first-order valence-corrected chi connectivity index (χ1v) is 3.20. The van der Waals surface area contributed by atoms with Gasteiger partial charge in [0.05, 0.1) is 0 Å². The van der Waals surface area contributed by atoms with Crippen LogP contribution in [0.25, 0.3) is 0 Å². The molecule has 0 radical (unpaired) electrons. The van der Waals surface area contributed by atoms with E-state index in [1.54, 1.807) is 0 Å². The Hall–Kier alpha value is -0.120. The van der Waals surface area contributed by atoms with E-state index < -0.39 is 0 Å². The molecule has 1 atom stereocenters. The van der Waals surface area contributed by atoms with Gasteiger partial charge in [-0.25, -0.2) is 0 Å². The van der Waals surface area contributed by atoms with Gasteiger partial charge in [0.25, 0.3) is 0 Å². The van der Waals surface area contributed by atoms with Crippen molar-refractivity contribution in [1.29, 1.82) is 0 Å². The second-order valence-corrected chi connectivity index (χ2v) is 3.03. The minimum Gasteiger partial charge on any atom is -0.330 e. The van der Waals surface area contributed by atoms with Crippen molar-refractivity contribution in [2.45, 2.75) is 19.9 Å². The summed E-state index contributed by atoms with van der Waals surface area (Å²) in [4.78, 5) is 0. The van der Waals surface area contributed by atoms with E-state index in [2.05, 4.69) is 0 Å². The van der Waals surface area contributed by atoms with Crippen molar-refractivity contribution in [3.05, 3.63) is 0 Å². The van der Waals surface area contributed by atoms with E-state index in [0.29, 0.717) is 13.1 Å². The minimum atomic E-state index is -0.0191. The summed E-state index contributed by atoms with van der Waals surface area (Å²) in [6.07, 6.45) is 0. The highest BCUT2D eigenvalue weighted by atomic mass is 14.8. The summed E-state index contributed by atoms with van der Waals surface area (Å²) in [5.41, 5.74) is 16.4. The predicted molar refractivity (Wildman–Crippen MR) is 39.9 cm³/mol. The Balaban J connectivity index is 3.80. The molecule has 0 fully saturated rings. The largest absolute Gasteiger partial charge is 0.330 e. The summed E-state index contributed by atoms with van der Waals surface area (Å²) in [6, 6.07) is 0.0162. The van der Waals surface area contributed by atoms with Crippen LogP contribution in [0.5, 0.6) is 0 Å². The van der Waals surface area contributed by atoms with Gasteiger partial charge in [-0.05, 0) is 12.0 Å². The fourth-order valence-corrected chi connectivity index (χ4v) is 0.470. The highest BCUT2D eigenvalue weighted by molar-refractivity contribution is 4.82. The highest BCUT2D eigenvalue weighted by Gasteiger charge is 2.22. The van der Waals surface area contributed by atoms with Crippen LogP contribution in [-0.2, 0) is 0 Å². The van der Waals surface area contributed by atoms with Crippen molar-refractivity contribution < 1.29 is 0 Å². The van der Waals surface area contributed by atoms with Gasteiger partial charge in [-0.1, -0.05) is 13.8 Å². The molecule has 3 heteroatoms. The zero-order valence-corrected chi connectivity index (χ0v) is 6.22. The van der Waals surface area contributed by atoms with E-state index in [4.69, 9.17) is 17.2 Å². The molecular formula is C6H17N3. The molecule has 0 aliphatic rings. The average Bonchev–Trinajstić information content (AvgIpc) is 1.86. The molecule has 0 aromatic rings. The average molecular weight is 131 g/mol. The lowest BCUT2D eigenvalue weighted by Crippen LogP contribution is -2.47. The smallest absolute Gasteiger partial charge is 0.0227 e. The third-order valence-corrected chi connectivity index (χ3v) is 1.78. The molecule has 9 heavy (non-hydrogen) atoms. The van der Waals surface area contributed by atoms with E-state index in [1.165, 1.54) is 0 Å². The molecule has 3 nitrogen and oxygen atoms in total. The van der Waals surface area contributed by atoms with Crippen molar-refractivity contribution in [2.24, 2.45) is 22.6 Å². The standard InChI is InChI=1S/C6H17N3/c1-6(2,4-8)5(9)3-7/h5H,3-4,7-9H2,1-2H3. The molecule has 0 rings (SSSR count). The maximum absolute atomic E-state index is 5.66. The second kappa shape index (κ2) is 3.15. The first-order chi connectivity index (χ1) is 4.04. The van der Waals surface area contributed by atoms with Crippen LogP contribution in [0.4, 0.5) is 0 Å². The first kappa shape index (κ1) is 8.88. The number of hydrogen-bond acceptors (Lipinski definition) is 3. The topological polar surface area (TPSA) is 78.1 Å². The lowest BCUT2D eigenvalue weighted by molar-refractivity contribution is 0.301. The van der Waals surface area contributed by atoms with Crippen LogP contribution < -0.4 is 17.2 Å². The van der Waals surface area contributed by atoms with Crippen LogP contribution in [-0.4, -0.2) is 19.1 Å². The molecule has 0 aromatic heterocycles. The lowest BCUT2D eigenvalue weighted by Gasteiger charge is -2.28. The van der Waals surface area contributed by atoms with Crippen molar-refractivity contribution in [1.82, 2.24) is 0 Å². The Morgan fingerprint density at radius 3 is 1.89 bits per heavy atom. The molecule has 0 saturated heterocycles. The van der Waals surface area contributed by atoms with Gasteiger partial charge < -0.3 is 17.2 Å². The minimum absolute atomic E-state index is 0.0162. The van der Waals surface area contributed by atoms with Crippen molar-refractivity contribution in [3.8, 4) is 0 Å². The quantitative estimate of drug-likeness (QED) is 0.472. The molecule has 0 spiro atoms. The Labute approximate surface area is 56.6 Å². The van der Waals surface area contributed by atoms with Crippen molar-refractivity contribution >= 4 is 0 Å². The van der Waals surface area contributed by atoms with Crippen LogP contribution in [0, 0.1) is 5.41 Å². The molecule has 0 saturated carbocycles. The summed E-state index contributed by atoms with van der Waals surface area (Å²) in [5, 5.41) is 0. The maximum Gasteiger partial charge on any atom is 0.0227 e. The fourth-order valence-electron chi connectivity index (χ4n) is 0.470. The molecule has 0 amide bonds. The molecule has 0 aliphatic carbocycles. The summed E-state index contributed by atoms with van der Waals surface area (Å²) in [5.74, 6) is 0. The molecular weight excluding hydrogens is 114 g/mol. The molecule has 0 aliphatic heterocycles. The fraction of sp³-hybridized carbons (Fsp3) is 1.00. The van der Waals surface area contributed by atoms with Crippen LogP contribution in [0.15, 0.2) is 0 Å². The third kappa shape index (κ3) is 2.30. The van der Waals surface area contributed by atoms with Crippen LogP contribution in [0.1, 0.15) is 13.8 Å². The van der Waals surface area contributed by atoms with E-state index in [0.717, 1.165) is 0 Å². The van der Waals surface area contributed by atoms with Gasteiger partial charge in [-0.3, -0.25) is 0 Å². The van der Waals surface area contributed by atoms with Crippen molar-refractivity contribution in [3.63, 3.8) is 0 Å². The number of nitrogens with two attached hydrogens (primary N) is 3. The maximum atomic E-state index is 5.66. The number of hydrogen-bond donors (Lipinski definition) is 3. The van der Waals surface area contributed by atoms with E-state index >= 15 is 0 Å².